The van der Waals surface area contributed by atoms with Gasteiger partial charge in [0.05, 0.1) is 12.9 Å². The zero-order chi connectivity index (χ0) is 21.7. The molecule has 7 nitrogen and oxygen atoms in total. The molecule has 156 valence electrons. The van der Waals surface area contributed by atoms with E-state index in [2.05, 4.69) is 20.5 Å². The molecule has 8 heteroatoms. The number of anilines is 1. The molecule has 1 heterocycles. The highest BCUT2D eigenvalue weighted by Gasteiger charge is 2.11. The van der Waals surface area contributed by atoms with Crippen molar-refractivity contribution in [3.05, 3.63) is 74.7 Å². The number of methoxy groups -OCH3 is 1. The number of thioether (sulfide) groups is 1. The first-order chi connectivity index (χ1) is 14.4. The smallest absolute Gasteiger partial charge is 0.273 e. The molecule has 0 radical (unpaired) electrons. The molecule has 0 saturated heterocycles. The Morgan fingerprint density at radius 1 is 1.10 bits per heavy atom. The van der Waals surface area contributed by atoms with Gasteiger partial charge in [0.15, 0.2) is 5.16 Å². The number of nitrogens with zero attached hydrogens (tertiary/aromatic N) is 2. The van der Waals surface area contributed by atoms with Gasteiger partial charge in [-0.25, -0.2) is 0 Å². The van der Waals surface area contributed by atoms with Crippen molar-refractivity contribution < 1.29 is 9.53 Å². The van der Waals surface area contributed by atoms with Gasteiger partial charge in [-0.15, -0.1) is 10.2 Å². The summed E-state index contributed by atoms with van der Waals surface area (Å²) in [6.45, 7) is 5.95. The third kappa shape index (κ3) is 5.48. The summed E-state index contributed by atoms with van der Waals surface area (Å²) in [5, 5.41) is 11.3. The number of hydrogen-bond donors (Lipinski definition) is 2. The van der Waals surface area contributed by atoms with E-state index in [9.17, 15) is 9.59 Å². The lowest BCUT2D eigenvalue weighted by atomic mass is 10.1. The molecule has 2 aromatic carbocycles. The van der Waals surface area contributed by atoms with Crippen molar-refractivity contribution in [2.45, 2.75) is 32.3 Å². The van der Waals surface area contributed by atoms with Gasteiger partial charge in [0, 0.05) is 12.1 Å². The summed E-state index contributed by atoms with van der Waals surface area (Å²) in [6, 6.07) is 11.5. The Morgan fingerprint density at radius 3 is 2.37 bits per heavy atom. The number of carbonyl (C=O) groups excluding carboxylic acids is 1. The largest absolute Gasteiger partial charge is 0.497 e. The van der Waals surface area contributed by atoms with E-state index < -0.39 is 0 Å². The standard InChI is InChI=1S/C22H24N4O3S/c1-13-9-14(2)20(15(3)10-13)23-19(27)12-30-22-24-21(28)18(25-26-22)11-16-5-7-17(29-4)8-6-16/h5-10H,11-12H2,1-4H3,(H,23,27)(H,24,26,28). The van der Waals surface area contributed by atoms with Crippen molar-refractivity contribution in [1.82, 2.24) is 15.2 Å². The van der Waals surface area contributed by atoms with Gasteiger partial charge in [0.1, 0.15) is 11.4 Å². The molecule has 0 aliphatic carbocycles. The Hall–Kier alpha value is -3.13. The number of benzene rings is 2. The lowest BCUT2D eigenvalue weighted by molar-refractivity contribution is -0.113. The minimum absolute atomic E-state index is 0.120. The SMILES string of the molecule is COc1ccc(Cc2nnc(SCC(=O)Nc3c(C)cc(C)cc3C)[nH]c2=O)cc1. The van der Waals surface area contributed by atoms with Gasteiger partial charge < -0.3 is 10.1 Å². The van der Waals surface area contributed by atoms with Crippen LogP contribution in [-0.4, -0.2) is 34.0 Å². The van der Waals surface area contributed by atoms with Crippen LogP contribution in [0, 0.1) is 20.8 Å². The molecule has 0 saturated carbocycles. The summed E-state index contributed by atoms with van der Waals surface area (Å²) in [5.74, 6) is 0.703. The Balaban J connectivity index is 1.60. The third-order valence-corrected chi connectivity index (χ3v) is 5.42. The maximum atomic E-state index is 12.3. The van der Waals surface area contributed by atoms with E-state index in [1.807, 2.05) is 57.2 Å². The number of amides is 1. The molecular weight excluding hydrogens is 400 g/mol. The first-order valence-corrected chi connectivity index (χ1v) is 10.4. The average molecular weight is 425 g/mol. The second kappa shape index (κ2) is 9.58. The van der Waals surface area contributed by atoms with Gasteiger partial charge in [0.25, 0.3) is 5.56 Å². The quantitative estimate of drug-likeness (QED) is 0.564. The van der Waals surface area contributed by atoms with Crippen LogP contribution in [0.5, 0.6) is 5.75 Å². The van der Waals surface area contributed by atoms with Gasteiger partial charge in [-0.05, 0) is 49.6 Å². The highest BCUT2D eigenvalue weighted by atomic mass is 32.2. The lowest BCUT2D eigenvalue weighted by Gasteiger charge is -2.12. The molecule has 3 rings (SSSR count). The second-order valence-electron chi connectivity index (χ2n) is 7.04. The molecule has 0 fully saturated rings. The third-order valence-electron chi connectivity index (χ3n) is 4.56. The van der Waals surface area contributed by atoms with Gasteiger partial charge in [-0.2, -0.15) is 0 Å². The van der Waals surface area contributed by atoms with E-state index >= 15 is 0 Å². The van der Waals surface area contributed by atoms with E-state index in [1.54, 1.807) is 7.11 Å². The maximum Gasteiger partial charge on any atom is 0.273 e. The van der Waals surface area contributed by atoms with Crippen LogP contribution < -0.4 is 15.6 Å². The second-order valence-corrected chi connectivity index (χ2v) is 8.01. The van der Waals surface area contributed by atoms with Crippen LogP contribution in [-0.2, 0) is 11.2 Å². The van der Waals surface area contributed by atoms with Crippen LogP contribution in [0.4, 0.5) is 5.69 Å². The molecule has 0 unspecified atom stereocenters. The summed E-state index contributed by atoms with van der Waals surface area (Å²) >= 11 is 1.14. The van der Waals surface area contributed by atoms with E-state index in [0.29, 0.717) is 17.3 Å². The molecule has 0 aliphatic rings. The summed E-state index contributed by atoms with van der Waals surface area (Å²) in [6.07, 6.45) is 0.365. The number of ether oxygens (including phenoxy) is 1. The summed E-state index contributed by atoms with van der Waals surface area (Å²) in [5.41, 5.74) is 4.94. The van der Waals surface area contributed by atoms with Crippen molar-refractivity contribution in [2.24, 2.45) is 0 Å². The van der Waals surface area contributed by atoms with Crippen LogP contribution in [0.2, 0.25) is 0 Å². The normalized spacial score (nSPS) is 10.7. The van der Waals surface area contributed by atoms with E-state index in [4.69, 9.17) is 4.74 Å². The topological polar surface area (TPSA) is 97.0 Å². The Morgan fingerprint density at radius 2 is 1.77 bits per heavy atom. The Labute approximate surface area is 179 Å². The number of aromatic nitrogens is 3. The van der Waals surface area contributed by atoms with E-state index in [1.165, 1.54) is 0 Å². The van der Waals surface area contributed by atoms with E-state index in [-0.39, 0.29) is 17.2 Å². The minimum Gasteiger partial charge on any atom is -0.497 e. The fourth-order valence-electron chi connectivity index (χ4n) is 3.15. The number of aryl methyl sites for hydroxylation is 3. The van der Waals surface area contributed by atoms with Crippen LogP contribution in [0.25, 0.3) is 0 Å². The molecule has 2 N–H and O–H groups in total. The Kier molecular flexibility index (Phi) is 6.89. The molecular formula is C22H24N4O3S. The maximum absolute atomic E-state index is 12.3. The monoisotopic (exact) mass is 424 g/mol. The van der Waals surface area contributed by atoms with Gasteiger partial charge in [0.2, 0.25) is 5.91 Å². The van der Waals surface area contributed by atoms with E-state index in [0.717, 1.165) is 45.5 Å². The van der Waals surface area contributed by atoms with Crippen LogP contribution in [0.15, 0.2) is 46.3 Å². The molecule has 30 heavy (non-hydrogen) atoms. The van der Waals surface area contributed by atoms with Gasteiger partial charge >= 0.3 is 0 Å². The molecule has 0 bridgehead atoms. The number of rotatable bonds is 7. The minimum atomic E-state index is -0.311. The summed E-state index contributed by atoms with van der Waals surface area (Å²) in [7, 11) is 1.60. The lowest BCUT2D eigenvalue weighted by Crippen LogP contribution is -2.19. The van der Waals surface area contributed by atoms with Crippen LogP contribution in [0.3, 0.4) is 0 Å². The molecule has 0 atom stereocenters. The van der Waals surface area contributed by atoms with Crippen molar-refractivity contribution in [2.75, 3.05) is 18.2 Å². The predicted octanol–water partition coefficient (Wildman–Crippen LogP) is 3.42. The fourth-order valence-corrected chi connectivity index (χ4v) is 3.75. The van der Waals surface area contributed by atoms with Crippen molar-refractivity contribution in [3.8, 4) is 5.75 Å². The zero-order valence-corrected chi connectivity index (χ0v) is 18.2. The molecule has 1 amide bonds. The average Bonchev–Trinajstić information content (AvgIpc) is 2.71. The molecule has 3 aromatic rings. The number of nitrogens with one attached hydrogen (secondary N) is 2. The summed E-state index contributed by atoms with van der Waals surface area (Å²) < 4.78 is 5.13. The van der Waals surface area contributed by atoms with Crippen molar-refractivity contribution in [1.29, 1.82) is 0 Å². The van der Waals surface area contributed by atoms with Gasteiger partial charge in [-0.3, -0.25) is 14.6 Å². The molecule has 0 aliphatic heterocycles. The number of carbonyl (C=O) groups is 1. The molecule has 1 aromatic heterocycles. The zero-order valence-electron chi connectivity index (χ0n) is 17.4. The first kappa shape index (κ1) is 21.6. The Bertz CT molecular complexity index is 1090. The summed E-state index contributed by atoms with van der Waals surface area (Å²) in [4.78, 5) is 27.4. The number of aromatic amines is 1. The highest BCUT2D eigenvalue weighted by Crippen LogP contribution is 2.22. The van der Waals surface area contributed by atoms with Gasteiger partial charge in [-0.1, -0.05) is 41.6 Å². The highest BCUT2D eigenvalue weighted by molar-refractivity contribution is 7.99. The van der Waals surface area contributed by atoms with Crippen molar-refractivity contribution in [3.63, 3.8) is 0 Å². The predicted molar refractivity (Wildman–Crippen MR) is 118 cm³/mol. The van der Waals surface area contributed by atoms with Crippen LogP contribution in [0.1, 0.15) is 27.9 Å². The molecule has 0 spiro atoms. The van der Waals surface area contributed by atoms with Crippen molar-refractivity contribution >= 4 is 23.4 Å². The van der Waals surface area contributed by atoms with Crippen LogP contribution >= 0.6 is 11.8 Å². The number of hydrogen-bond acceptors (Lipinski definition) is 6. The number of H-pyrrole nitrogens is 1. The first-order valence-electron chi connectivity index (χ1n) is 9.45. The fraction of sp³-hybridized carbons (Fsp3) is 0.273.